The zero-order chi connectivity index (χ0) is 42.2. The molecule has 0 radical (unpaired) electrons. The molecule has 57 heavy (non-hydrogen) atoms. The molecule has 0 aromatic carbocycles. The summed E-state index contributed by atoms with van der Waals surface area (Å²) in [5.41, 5.74) is -2.55. The number of hydrogen-bond acceptors (Lipinski definition) is 16. The molecule has 6 heterocycles. The third-order valence-electron chi connectivity index (χ3n) is 8.78. The highest BCUT2D eigenvalue weighted by Crippen LogP contribution is 2.36. The molecule has 23 heteroatoms. The second-order valence-corrected chi connectivity index (χ2v) is 20.7. The molecule has 2 aliphatic rings. The third-order valence-corrected chi connectivity index (χ3v) is 12.6. The first-order chi connectivity index (χ1) is 26.7. The Morgan fingerprint density at radius 1 is 0.772 bits per heavy atom. The van der Waals surface area contributed by atoms with E-state index in [1.165, 1.54) is 36.9 Å². The van der Waals surface area contributed by atoms with Crippen molar-refractivity contribution in [3.05, 3.63) is 23.7 Å². The number of methoxy groups -OCH3 is 2. The van der Waals surface area contributed by atoms with Crippen molar-refractivity contribution >= 4 is 123 Å². The number of anilines is 1. The van der Waals surface area contributed by atoms with Crippen LogP contribution >= 0.6 is 83.8 Å². The van der Waals surface area contributed by atoms with Crippen LogP contribution in [0.4, 0.5) is 14.7 Å². The maximum Gasteiger partial charge on any atom is 0.407 e. The number of fused-ring (bicyclic) bond motifs is 2. The zero-order valence-corrected chi connectivity index (χ0v) is 40.6. The Balaban J connectivity index is 0.000000212. The Hall–Kier alpha value is -2.62. The first-order valence-electron chi connectivity index (χ1n) is 17.9. The van der Waals surface area contributed by atoms with Gasteiger partial charge in [-0.2, -0.15) is 9.03 Å². The van der Waals surface area contributed by atoms with Crippen molar-refractivity contribution < 1.29 is 38.1 Å². The van der Waals surface area contributed by atoms with Crippen LogP contribution in [0.3, 0.4) is 0 Å². The molecule has 0 atom stereocenters. The number of imidazole rings is 2. The lowest BCUT2D eigenvalue weighted by Gasteiger charge is -2.39. The van der Waals surface area contributed by atoms with E-state index in [1.807, 2.05) is 4.52 Å². The second kappa shape index (κ2) is 20.1. The van der Waals surface area contributed by atoms with Crippen molar-refractivity contribution in [2.75, 3.05) is 58.4 Å². The number of aromatic nitrogens is 6. The molecule has 6 rings (SSSR count). The van der Waals surface area contributed by atoms with Gasteiger partial charge < -0.3 is 39.8 Å². The SMILES string of the molecule is Brc1nn2c(I)cnc2s1.COC(=O)C1(CNC(=O)OC(C)(C)C)CCN(c2nn3c(I)cnc3s2)CC1.COC(=O)C1(CNC(=O)OC(C)(C)C)CCNCC1. The van der Waals surface area contributed by atoms with Gasteiger partial charge in [-0.05, 0) is 141 Å². The fraction of sp³-hybridized carbons (Fsp3) is 0.647. The van der Waals surface area contributed by atoms with Crippen molar-refractivity contribution in [3.63, 3.8) is 0 Å². The summed E-state index contributed by atoms with van der Waals surface area (Å²) in [7, 11) is 2.75. The molecule has 2 fully saturated rings. The molecular formula is C34H49BrI2N10O8S2. The lowest BCUT2D eigenvalue weighted by Crippen LogP contribution is -2.51. The minimum atomic E-state index is -0.770. The Morgan fingerprint density at radius 2 is 1.21 bits per heavy atom. The van der Waals surface area contributed by atoms with Gasteiger partial charge in [0, 0.05) is 26.2 Å². The van der Waals surface area contributed by atoms with Gasteiger partial charge in [-0.25, -0.2) is 19.6 Å². The Morgan fingerprint density at radius 3 is 1.63 bits per heavy atom. The fourth-order valence-electron chi connectivity index (χ4n) is 5.91. The van der Waals surface area contributed by atoms with E-state index in [0.29, 0.717) is 38.8 Å². The number of amides is 2. The van der Waals surface area contributed by atoms with Crippen molar-refractivity contribution in [1.82, 2.24) is 45.1 Å². The van der Waals surface area contributed by atoms with Gasteiger partial charge in [-0.1, -0.05) is 22.7 Å². The van der Waals surface area contributed by atoms with E-state index >= 15 is 0 Å². The molecule has 3 N–H and O–H groups in total. The number of nitrogens with zero attached hydrogens (tertiary/aromatic N) is 7. The van der Waals surface area contributed by atoms with E-state index in [2.05, 4.69) is 102 Å². The predicted molar refractivity (Wildman–Crippen MR) is 236 cm³/mol. The molecule has 0 aliphatic carbocycles. The molecule has 0 saturated carbocycles. The van der Waals surface area contributed by atoms with Crippen molar-refractivity contribution in [2.45, 2.75) is 78.4 Å². The van der Waals surface area contributed by atoms with E-state index < -0.39 is 34.2 Å². The van der Waals surface area contributed by atoms with Gasteiger partial charge in [0.05, 0.1) is 37.4 Å². The number of alkyl carbamates (subject to hydrolysis) is 2. The van der Waals surface area contributed by atoms with Crippen molar-refractivity contribution in [3.8, 4) is 0 Å². The van der Waals surface area contributed by atoms with Crippen LogP contribution in [-0.4, -0.2) is 118 Å². The standard InChI is InChI=1S/C17H24IN5O4S.C13H24N2O4.C4HBrIN3S/c1-16(2,3)27-15(25)20-10-17(12(24)26-4)5-7-22(8-6-17)14-21-23-11(18)9-19-13(23)28-14;1-12(2,3)19-11(17)15-9-13(10(16)18-4)5-7-14-8-6-13;5-3-8-9-2(6)1-7-4(9)10-3/h9H,5-8,10H2,1-4H3,(H,20,25);14H,5-9H2,1-4H3,(H,15,17);1H. The Bertz CT molecular complexity index is 1990. The molecule has 2 aliphatic heterocycles. The number of rotatable bonds is 7. The average Bonchev–Trinajstić information content (AvgIpc) is 3.92. The van der Waals surface area contributed by atoms with Crippen LogP contribution in [0.2, 0.25) is 0 Å². The minimum Gasteiger partial charge on any atom is -0.469 e. The van der Waals surface area contributed by atoms with Crippen LogP contribution in [0.1, 0.15) is 67.2 Å². The molecule has 2 amide bonds. The van der Waals surface area contributed by atoms with E-state index in [-0.39, 0.29) is 25.0 Å². The first kappa shape index (κ1) is 47.1. The Labute approximate surface area is 374 Å². The van der Waals surface area contributed by atoms with Gasteiger partial charge in [-0.3, -0.25) is 9.59 Å². The summed E-state index contributed by atoms with van der Waals surface area (Å²) in [5.74, 6) is -0.586. The number of ether oxygens (including phenoxy) is 4. The summed E-state index contributed by atoms with van der Waals surface area (Å²) in [6.07, 6.45) is 4.94. The number of halogens is 3. The number of carbonyl (C=O) groups excluding carboxylic acids is 4. The minimum absolute atomic E-state index is 0.182. The summed E-state index contributed by atoms with van der Waals surface area (Å²) in [5, 5.41) is 18.2. The lowest BCUT2D eigenvalue weighted by molar-refractivity contribution is -0.154. The normalized spacial score (nSPS) is 16.4. The maximum atomic E-state index is 12.5. The molecule has 4 aromatic heterocycles. The number of piperidine rings is 2. The molecular weight excluding hydrogens is 1070 g/mol. The summed E-state index contributed by atoms with van der Waals surface area (Å²) in [6, 6.07) is 0. The van der Waals surface area contributed by atoms with Crippen LogP contribution in [0.25, 0.3) is 9.92 Å². The smallest absolute Gasteiger partial charge is 0.407 e. The highest BCUT2D eigenvalue weighted by Gasteiger charge is 2.44. The van der Waals surface area contributed by atoms with Crippen LogP contribution in [0.5, 0.6) is 0 Å². The van der Waals surface area contributed by atoms with Crippen LogP contribution in [0.15, 0.2) is 16.3 Å². The number of nitrogens with one attached hydrogen (secondary N) is 3. The molecule has 0 spiro atoms. The lowest BCUT2D eigenvalue weighted by atomic mass is 9.78. The van der Waals surface area contributed by atoms with E-state index in [9.17, 15) is 19.2 Å². The average molecular weight is 1120 g/mol. The number of hydrogen-bond donors (Lipinski definition) is 3. The summed E-state index contributed by atoms with van der Waals surface area (Å²) >= 11 is 10.7. The van der Waals surface area contributed by atoms with Crippen molar-refractivity contribution in [2.24, 2.45) is 10.8 Å². The van der Waals surface area contributed by atoms with Crippen LogP contribution < -0.4 is 20.9 Å². The summed E-state index contributed by atoms with van der Waals surface area (Å²) in [4.78, 5) is 60.5. The highest BCUT2D eigenvalue weighted by molar-refractivity contribution is 14.1. The molecule has 2 saturated heterocycles. The quantitative estimate of drug-likeness (QED) is 0.112. The van der Waals surface area contributed by atoms with Gasteiger partial charge in [0.15, 0.2) is 3.92 Å². The first-order valence-corrected chi connectivity index (χ1v) is 22.5. The van der Waals surface area contributed by atoms with Gasteiger partial charge in [-0.15, -0.1) is 10.2 Å². The second-order valence-electron chi connectivity index (χ2n) is 15.3. The van der Waals surface area contributed by atoms with Gasteiger partial charge >= 0.3 is 24.1 Å². The van der Waals surface area contributed by atoms with E-state index in [0.717, 1.165) is 39.5 Å². The van der Waals surface area contributed by atoms with Gasteiger partial charge in [0.25, 0.3) is 0 Å². The molecule has 4 aromatic rings. The van der Waals surface area contributed by atoms with Crippen LogP contribution in [0, 0.1) is 18.2 Å². The van der Waals surface area contributed by atoms with E-state index in [1.54, 1.807) is 58.5 Å². The molecule has 0 bridgehead atoms. The fourth-order valence-corrected chi connectivity index (χ4v) is 9.31. The van der Waals surface area contributed by atoms with Crippen molar-refractivity contribution in [1.29, 1.82) is 0 Å². The zero-order valence-electron chi connectivity index (χ0n) is 33.1. The molecule has 316 valence electrons. The largest absolute Gasteiger partial charge is 0.469 e. The van der Waals surface area contributed by atoms with Gasteiger partial charge in [0.1, 0.15) is 18.6 Å². The summed E-state index contributed by atoms with van der Waals surface area (Å²) < 4.78 is 26.8. The molecule has 18 nitrogen and oxygen atoms in total. The number of carbonyl (C=O) groups is 4. The van der Waals surface area contributed by atoms with E-state index in [4.69, 9.17) is 18.9 Å². The van der Waals surface area contributed by atoms with Gasteiger partial charge in [0.2, 0.25) is 15.1 Å². The van der Waals surface area contributed by atoms with Crippen LogP contribution in [-0.2, 0) is 28.5 Å². The number of esters is 2. The summed E-state index contributed by atoms with van der Waals surface area (Å²) in [6.45, 7) is 14.0. The highest BCUT2D eigenvalue weighted by atomic mass is 127. The maximum absolute atomic E-state index is 12.5. The third kappa shape index (κ3) is 13.2. The Kier molecular flexibility index (Phi) is 16.6. The molecule has 0 unspecified atom stereocenters. The topological polar surface area (TPSA) is 205 Å². The monoisotopic (exact) mass is 1120 g/mol. The predicted octanol–water partition coefficient (Wildman–Crippen LogP) is 5.89.